The van der Waals surface area contributed by atoms with E-state index in [1.54, 1.807) is 6.07 Å². The van der Waals surface area contributed by atoms with Gasteiger partial charge in [-0.05, 0) is 79.3 Å². The molecule has 7 rings (SSSR count). The smallest absolute Gasteiger partial charge is 0.270 e. The zero-order valence-corrected chi connectivity index (χ0v) is 45.9. The molecule has 25 heteroatoms. The Bertz CT molecular complexity index is 2620. The third-order valence-electron chi connectivity index (χ3n) is 11.2. The Morgan fingerprint density at radius 3 is 1.71 bits per heavy atom. The van der Waals surface area contributed by atoms with Crippen molar-refractivity contribution in [3.63, 3.8) is 0 Å². The van der Waals surface area contributed by atoms with Crippen molar-refractivity contribution in [2.24, 2.45) is 10.7 Å². The van der Waals surface area contributed by atoms with Gasteiger partial charge in [-0.25, -0.2) is 4.98 Å². The molecule has 8 N–H and O–H groups in total. The van der Waals surface area contributed by atoms with Gasteiger partial charge in [0.1, 0.15) is 10.7 Å². The number of benzene rings is 4. The first-order valence-corrected chi connectivity index (χ1v) is 26.3. The number of hydrogen-bond donors (Lipinski definition) is 6. The largest absolute Gasteiger partial charge is 0.396 e. The number of nitrogens with two attached hydrogens (primary N) is 2. The van der Waals surface area contributed by atoms with Crippen molar-refractivity contribution in [1.82, 2.24) is 14.8 Å². The van der Waals surface area contributed by atoms with Crippen molar-refractivity contribution in [3.05, 3.63) is 133 Å². The molecule has 408 valence electrons. The summed E-state index contributed by atoms with van der Waals surface area (Å²) in [5.74, 6) is 0.392. The Balaban J connectivity index is 0.000000413. The molecule has 0 radical (unpaired) electrons. The number of nitrogens with one attached hydrogen (secondary N) is 2. The lowest BCUT2D eigenvalue weighted by Crippen LogP contribution is -2.46. The van der Waals surface area contributed by atoms with Crippen LogP contribution in [0.15, 0.2) is 102 Å². The Morgan fingerprint density at radius 1 is 0.787 bits per heavy atom. The zero-order chi connectivity index (χ0) is 52.0. The van der Waals surface area contributed by atoms with Gasteiger partial charge in [0.05, 0.1) is 15.2 Å². The van der Waals surface area contributed by atoms with Crippen molar-refractivity contribution >= 4 is 128 Å². The van der Waals surface area contributed by atoms with E-state index in [9.17, 15) is 29.8 Å². The molecule has 1 aromatic heterocycles. The number of nitro groups is 2. The van der Waals surface area contributed by atoms with Crippen LogP contribution in [-0.4, -0.2) is 146 Å². The van der Waals surface area contributed by atoms with Crippen molar-refractivity contribution in [2.45, 2.75) is 34.6 Å². The lowest BCUT2D eigenvalue weighted by Gasteiger charge is -2.36. The molecule has 20 nitrogen and oxygen atoms in total. The summed E-state index contributed by atoms with van der Waals surface area (Å²) in [7, 11) is 0. The number of ketones is 2. The number of non-ortho nitro benzene ring substituents is 2. The highest BCUT2D eigenvalue weighted by atomic mass is 79.9. The van der Waals surface area contributed by atoms with E-state index in [2.05, 4.69) is 68.3 Å². The number of aromatic nitrogens is 1. The third-order valence-corrected chi connectivity index (χ3v) is 13.5. The molecule has 3 heterocycles. The molecule has 2 saturated heterocycles. The number of hydrogen-bond acceptors (Lipinski definition) is 18. The summed E-state index contributed by atoms with van der Waals surface area (Å²) in [6.07, 6.45) is 1.66. The van der Waals surface area contributed by atoms with Gasteiger partial charge in [-0.1, -0.05) is 85.1 Å². The van der Waals surface area contributed by atoms with Crippen LogP contribution in [0, 0.1) is 20.2 Å². The van der Waals surface area contributed by atoms with E-state index in [1.165, 1.54) is 59.9 Å². The second kappa shape index (κ2) is 34.1. The summed E-state index contributed by atoms with van der Waals surface area (Å²) in [5, 5.41) is 47.0. The number of aliphatic hydroxyl groups is 2. The number of nitrogens with zero attached hydrogens (tertiary/aromatic N) is 8. The Kier molecular flexibility index (Phi) is 29.7. The number of thioether (sulfide) groups is 1. The van der Waals surface area contributed by atoms with Gasteiger partial charge in [-0.3, -0.25) is 39.6 Å². The molecule has 2 aliphatic heterocycles. The third kappa shape index (κ3) is 21.1. The van der Waals surface area contributed by atoms with E-state index in [0.29, 0.717) is 21.0 Å². The number of alkyl halides is 1. The van der Waals surface area contributed by atoms with Crippen LogP contribution < -0.4 is 31.9 Å². The van der Waals surface area contributed by atoms with E-state index in [0.717, 1.165) is 112 Å². The molecule has 75 heavy (non-hydrogen) atoms. The molecule has 0 amide bonds. The minimum atomic E-state index is -0.541. The predicted octanol–water partition coefficient (Wildman–Crippen LogP) is 8.57. The van der Waals surface area contributed by atoms with E-state index < -0.39 is 15.6 Å². The van der Waals surface area contributed by atoms with Crippen molar-refractivity contribution in [1.29, 1.82) is 0 Å². The molecule has 0 aliphatic carbocycles. The number of anilines is 6. The summed E-state index contributed by atoms with van der Waals surface area (Å²) >= 11 is 10.8. The molecule has 0 spiro atoms. The molecular formula is C50H70BrN12O8PS3. The van der Waals surface area contributed by atoms with Crippen molar-refractivity contribution in [3.8, 4) is 0 Å². The summed E-state index contributed by atoms with van der Waals surface area (Å²) in [6.45, 7) is 12.3. The van der Waals surface area contributed by atoms with Crippen LogP contribution in [0.25, 0.3) is 0 Å². The second-order valence-corrected chi connectivity index (χ2v) is 19.3. The average molecular weight is 1170 g/mol. The molecule has 0 bridgehead atoms. The molecular weight excluding hydrogens is 1100 g/mol. The molecule has 2 fully saturated rings. The van der Waals surface area contributed by atoms with Crippen LogP contribution in [0.2, 0.25) is 0 Å². The second-order valence-electron chi connectivity index (χ2n) is 16.1. The van der Waals surface area contributed by atoms with Gasteiger partial charge in [-0.15, -0.1) is 0 Å². The van der Waals surface area contributed by atoms with E-state index in [1.807, 2.05) is 43.3 Å². The van der Waals surface area contributed by atoms with Crippen LogP contribution in [0.4, 0.5) is 45.1 Å². The summed E-state index contributed by atoms with van der Waals surface area (Å²) in [5.41, 5.74) is 16.1. The topological polar surface area (TPSA) is 275 Å². The molecule has 4 aromatic carbocycles. The number of nitro benzene ring substituents is 2. The number of amidine groups is 1. The number of thiazole rings is 1. The maximum atomic E-state index is 12.8. The minimum absolute atomic E-state index is 0. The number of aliphatic imine (C=N–C) groups is 1. The van der Waals surface area contributed by atoms with Crippen LogP contribution in [0.5, 0.6) is 0 Å². The fourth-order valence-electron chi connectivity index (χ4n) is 7.42. The van der Waals surface area contributed by atoms with Gasteiger partial charge in [0.2, 0.25) is 5.78 Å². The average Bonchev–Trinajstić information content (AvgIpc) is 3.77. The Morgan fingerprint density at radius 2 is 1.25 bits per heavy atom. The van der Waals surface area contributed by atoms with Crippen molar-refractivity contribution in [2.75, 3.05) is 116 Å². The quantitative estimate of drug-likeness (QED) is 0.00700. The lowest BCUT2D eigenvalue weighted by molar-refractivity contribution is -0.385. The molecule has 1 unspecified atom stereocenters. The number of rotatable bonds is 18. The van der Waals surface area contributed by atoms with Gasteiger partial charge in [-0.2, -0.15) is 14.9 Å². The molecule has 5 aromatic rings. The predicted molar refractivity (Wildman–Crippen MR) is 322 cm³/mol. The number of aliphatic hydroxyl groups excluding tert-OH is 2. The van der Waals surface area contributed by atoms with Gasteiger partial charge >= 0.3 is 0 Å². The van der Waals surface area contributed by atoms with E-state index in [4.69, 9.17) is 33.9 Å². The number of Topliss-reactive ketones (excluding diaryl/α,β-unsaturated/α-hetero) is 1. The SMILES string of the molecule is C.C.CCSC(N)=NC(=S)Nc1ccc(N2CCN(CCCO)CC2)cc1.Nc1nc(Nc2ccc(N3CCN(CCCO)CC3)cc2)sc1C(=O)c1cccc([N+](=O)[O-])c1.O=C(CBr)c1cccc([N+](=O)[O-])c1.P. The highest BCUT2D eigenvalue weighted by Crippen LogP contribution is 2.31. The van der Waals surface area contributed by atoms with Crippen LogP contribution in [-0.2, 0) is 0 Å². The minimum Gasteiger partial charge on any atom is -0.396 e. The summed E-state index contributed by atoms with van der Waals surface area (Å²) in [6, 6.07) is 27.4. The fraction of sp³-hybridized carbons (Fsp3) is 0.380. The number of carbonyl (C=O) groups is 2. The number of piperazine rings is 2. The summed E-state index contributed by atoms with van der Waals surface area (Å²) in [4.78, 5) is 62.3. The van der Waals surface area contributed by atoms with Crippen LogP contribution in [0.3, 0.4) is 0 Å². The highest BCUT2D eigenvalue weighted by Gasteiger charge is 2.22. The zero-order valence-electron chi connectivity index (χ0n) is 40.4. The number of thiocarbonyl (C=S) groups is 1. The normalized spacial score (nSPS) is 13.5. The van der Waals surface area contributed by atoms with Crippen LogP contribution >= 0.6 is 61.1 Å². The lowest BCUT2D eigenvalue weighted by atomic mass is 10.1. The van der Waals surface area contributed by atoms with Gasteiger partial charge < -0.3 is 42.1 Å². The van der Waals surface area contributed by atoms with Gasteiger partial charge in [0.15, 0.2) is 21.2 Å². The standard InChI is InChI=1S/C23H26N6O4S.C17H27N5OS2.C8H6BrNO3.2CH4.H3P/c24-22-21(20(31)16-3-1-4-19(15-16)29(32)33)34-23(26-22)25-17-5-7-18(8-6-17)28-12-10-27(11-13-28)9-2-14-30;1-2-25-16(18)20-17(24)19-14-4-6-15(7-5-14)22-11-9-21(10-12-22)8-3-13-23;9-5-8(11)6-2-1-3-7(4-6)10(12)13;;;/h1,3-8,15,30H,2,9-14,24H2,(H,25,26);4-7,23H,2-3,8-13H2,1H3,(H3,18,19,20,24);1-4H,5H2;2*1H4;1H3. The van der Waals surface area contributed by atoms with E-state index in [-0.39, 0.29) is 76.7 Å². The first-order chi connectivity index (χ1) is 34.7. The fourth-order valence-corrected chi connectivity index (χ4v) is 9.34. The van der Waals surface area contributed by atoms with Gasteiger partial charge in [0, 0.05) is 137 Å². The number of halogens is 1. The van der Waals surface area contributed by atoms with E-state index >= 15 is 0 Å². The van der Waals surface area contributed by atoms with Crippen molar-refractivity contribution < 1.29 is 29.6 Å². The Hall–Kier alpha value is -5.69. The number of carbonyl (C=O) groups excluding carboxylic acids is 2. The Labute approximate surface area is 464 Å². The van der Waals surface area contributed by atoms with Gasteiger partial charge in [0.25, 0.3) is 11.4 Å². The first-order valence-electron chi connectivity index (χ1n) is 23.0. The maximum Gasteiger partial charge on any atom is 0.270 e. The monoisotopic (exact) mass is 1170 g/mol. The molecule has 0 saturated carbocycles. The first kappa shape index (κ1) is 65.4. The molecule has 2 aliphatic rings. The maximum absolute atomic E-state index is 12.8. The molecule has 1 atom stereocenters. The van der Waals surface area contributed by atoms with Crippen LogP contribution in [0.1, 0.15) is 60.2 Å². The summed E-state index contributed by atoms with van der Waals surface area (Å²) < 4.78 is 0. The number of nitrogen functional groups attached to an aromatic ring is 1. The highest BCUT2D eigenvalue weighted by molar-refractivity contribution is 9.09.